The molecule has 0 spiro atoms. The summed E-state index contributed by atoms with van der Waals surface area (Å²) in [6.45, 7) is 1.95. The number of rotatable bonds is 7. The van der Waals surface area contributed by atoms with Gasteiger partial charge < -0.3 is 24.8 Å². The van der Waals surface area contributed by atoms with Crippen LogP contribution in [-0.2, 0) is 4.79 Å². The number of fused-ring (bicyclic) bond motifs is 1. The van der Waals surface area contributed by atoms with E-state index < -0.39 is 11.9 Å². The first-order valence-corrected chi connectivity index (χ1v) is 12.9. The van der Waals surface area contributed by atoms with Crippen LogP contribution in [0.3, 0.4) is 0 Å². The van der Waals surface area contributed by atoms with E-state index in [4.69, 9.17) is 4.42 Å². The van der Waals surface area contributed by atoms with Crippen molar-refractivity contribution in [1.82, 2.24) is 20.0 Å². The number of hydrogen-bond acceptors (Lipinski definition) is 5. The van der Waals surface area contributed by atoms with Gasteiger partial charge >= 0.3 is 0 Å². The number of nitrogens with zero attached hydrogens (tertiary/aromatic N) is 2. The zero-order valence-electron chi connectivity index (χ0n) is 21.5. The third-order valence-corrected chi connectivity index (χ3v) is 7.10. The number of anilines is 1. The van der Waals surface area contributed by atoms with Gasteiger partial charge in [-0.25, -0.2) is 4.98 Å². The van der Waals surface area contributed by atoms with Crippen molar-refractivity contribution >= 4 is 29.1 Å². The fourth-order valence-corrected chi connectivity index (χ4v) is 5.02. The van der Waals surface area contributed by atoms with Crippen LogP contribution < -0.4 is 16.0 Å². The summed E-state index contributed by atoms with van der Waals surface area (Å²) < 4.78 is 7.65. The van der Waals surface area contributed by atoms with Gasteiger partial charge in [0.1, 0.15) is 23.1 Å². The highest BCUT2D eigenvalue weighted by molar-refractivity contribution is 6.03. The zero-order chi connectivity index (χ0) is 26.6. The molecular formula is C29H31N5O4. The first-order chi connectivity index (χ1) is 18.4. The van der Waals surface area contributed by atoms with Crippen molar-refractivity contribution in [2.24, 2.45) is 5.92 Å². The van der Waals surface area contributed by atoms with Crippen LogP contribution in [0, 0.1) is 12.8 Å². The summed E-state index contributed by atoms with van der Waals surface area (Å²) in [6.07, 6.45) is 8.68. The predicted octanol–water partition coefficient (Wildman–Crippen LogP) is 4.58. The van der Waals surface area contributed by atoms with E-state index in [0.717, 1.165) is 48.9 Å². The minimum Gasteiger partial charge on any atom is -0.451 e. The van der Waals surface area contributed by atoms with Gasteiger partial charge in [0.2, 0.25) is 5.91 Å². The number of hydrogen-bond donors (Lipinski definition) is 3. The second-order valence-electron chi connectivity index (χ2n) is 9.71. The Morgan fingerprint density at radius 2 is 1.76 bits per heavy atom. The lowest BCUT2D eigenvalue weighted by Gasteiger charge is -2.29. The number of nitrogens with one attached hydrogen (secondary N) is 3. The summed E-state index contributed by atoms with van der Waals surface area (Å²) in [5.74, 6) is -0.131. The second kappa shape index (κ2) is 10.9. The zero-order valence-corrected chi connectivity index (χ0v) is 21.5. The van der Waals surface area contributed by atoms with E-state index in [2.05, 4.69) is 20.9 Å². The lowest BCUT2D eigenvalue weighted by molar-refractivity contribution is -0.124. The molecule has 0 radical (unpaired) electrons. The Balaban J connectivity index is 1.24. The lowest BCUT2D eigenvalue weighted by Crippen LogP contribution is -2.50. The molecule has 0 saturated heterocycles. The van der Waals surface area contributed by atoms with Crippen molar-refractivity contribution < 1.29 is 18.8 Å². The maximum absolute atomic E-state index is 12.9. The maximum atomic E-state index is 12.9. The Morgan fingerprint density at radius 3 is 2.47 bits per heavy atom. The number of aryl methyl sites for hydroxylation is 1. The number of benzene rings is 1. The molecule has 1 atom stereocenters. The molecule has 196 valence electrons. The molecule has 1 aliphatic carbocycles. The molecule has 0 aliphatic heterocycles. The van der Waals surface area contributed by atoms with Gasteiger partial charge in [-0.05, 0) is 73.7 Å². The highest BCUT2D eigenvalue weighted by Crippen LogP contribution is 2.28. The van der Waals surface area contributed by atoms with Gasteiger partial charge in [0.25, 0.3) is 11.8 Å². The SMILES string of the molecule is CNC(=O)[C@@H](NC(=O)c1ccc(-c2ccc(NC(=O)c3cn4cccc(C)c4n3)cc2)o1)C1CCCCC1. The largest absolute Gasteiger partial charge is 0.451 e. The molecule has 38 heavy (non-hydrogen) atoms. The minimum atomic E-state index is -0.582. The van der Waals surface area contributed by atoms with Crippen molar-refractivity contribution in [1.29, 1.82) is 0 Å². The topological polar surface area (TPSA) is 118 Å². The van der Waals surface area contributed by atoms with E-state index in [9.17, 15) is 14.4 Å². The summed E-state index contributed by atoms with van der Waals surface area (Å²) >= 11 is 0. The Morgan fingerprint density at radius 1 is 1.00 bits per heavy atom. The highest BCUT2D eigenvalue weighted by Gasteiger charge is 2.31. The van der Waals surface area contributed by atoms with E-state index in [-0.39, 0.29) is 23.5 Å². The number of furan rings is 1. The molecule has 1 aromatic carbocycles. The van der Waals surface area contributed by atoms with E-state index in [1.165, 1.54) is 0 Å². The van der Waals surface area contributed by atoms with Gasteiger partial charge in [0.15, 0.2) is 5.76 Å². The van der Waals surface area contributed by atoms with E-state index in [0.29, 0.717) is 17.1 Å². The fourth-order valence-electron chi connectivity index (χ4n) is 5.02. The van der Waals surface area contributed by atoms with Crippen molar-refractivity contribution in [2.75, 3.05) is 12.4 Å². The quantitative estimate of drug-likeness (QED) is 0.334. The average molecular weight is 514 g/mol. The van der Waals surface area contributed by atoms with Crippen molar-refractivity contribution in [2.45, 2.75) is 45.1 Å². The van der Waals surface area contributed by atoms with Crippen LogP contribution in [-0.4, -0.2) is 40.2 Å². The number of aromatic nitrogens is 2. The molecule has 3 N–H and O–H groups in total. The molecule has 5 rings (SSSR count). The van der Waals surface area contributed by atoms with Gasteiger partial charge in [-0.2, -0.15) is 0 Å². The molecule has 0 bridgehead atoms. The number of carbonyl (C=O) groups excluding carboxylic acids is 3. The van der Waals surface area contributed by atoms with Crippen molar-refractivity contribution in [3.8, 4) is 11.3 Å². The Kier molecular flexibility index (Phi) is 7.26. The highest BCUT2D eigenvalue weighted by atomic mass is 16.4. The molecule has 1 aliphatic rings. The van der Waals surface area contributed by atoms with Gasteiger partial charge in [-0.3, -0.25) is 14.4 Å². The standard InChI is InChI=1S/C29H31N5O4/c1-18-7-6-16-34-17-22(32-26(18)34)27(35)31-21-12-10-19(11-13-21)23-14-15-24(38-23)28(36)33-25(29(37)30-2)20-8-4-3-5-9-20/h6-7,10-17,20,25H,3-5,8-9H2,1-2H3,(H,30,37)(H,31,35)(H,33,36)/t25-/m0/s1. The lowest BCUT2D eigenvalue weighted by atomic mass is 9.83. The number of pyridine rings is 1. The predicted molar refractivity (Wildman–Crippen MR) is 144 cm³/mol. The Bertz CT molecular complexity index is 1460. The molecular weight excluding hydrogens is 482 g/mol. The van der Waals surface area contributed by atoms with Crippen LogP contribution in [0.4, 0.5) is 5.69 Å². The smallest absolute Gasteiger partial charge is 0.287 e. The van der Waals surface area contributed by atoms with Gasteiger partial charge in [0.05, 0.1) is 0 Å². The van der Waals surface area contributed by atoms with Crippen molar-refractivity contribution in [3.63, 3.8) is 0 Å². The third-order valence-electron chi connectivity index (χ3n) is 7.10. The molecule has 3 aromatic heterocycles. The summed E-state index contributed by atoms with van der Waals surface area (Å²) in [6, 6.07) is 13.7. The van der Waals surface area contributed by atoms with E-state index in [1.54, 1.807) is 49.6 Å². The molecule has 9 heteroatoms. The average Bonchev–Trinajstić information content (AvgIpc) is 3.61. The maximum Gasteiger partial charge on any atom is 0.287 e. The summed E-state index contributed by atoms with van der Waals surface area (Å²) in [5, 5.41) is 8.41. The summed E-state index contributed by atoms with van der Waals surface area (Å²) in [4.78, 5) is 42.5. The molecule has 3 heterocycles. The third kappa shape index (κ3) is 5.32. The first kappa shape index (κ1) is 25.3. The van der Waals surface area contributed by atoms with E-state index >= 15 is 0 Å². The van der Waals surface area contributed by atoms with E-state index in [1.807, 2.05) is 29.7 Å². The summed E-state index contributed by atoms with van der Waals surface area (Å²) in [5.41, 5.74) is 3.42. The molecule has 4 aromatic rings. The van der Waals surface area contributed by atoms with Gasteiger partial charge in [-0.1, -0.05) is 25.3 Å². The number of carbonyl (C=O) groups is 3. The summed E-state index contributed by atoms with van der Waals surface area (Å²) in [7, 11) is 1.58. The number of likely N-dealkylation sites (N-methyl/N-ethyl adjacent to an activating group) is 1. The molecule has 1 fully saturated rings. The van der Waals surface area contributed by atoms with Crippen LogP contribution in [0.1, 0.15) is 58.7 Å². The number of amides is 3. The van der Waals surface area contributed by atoms with Crippen LogP contribution >= 0.6 is 0 Å². The van der Waals surface area contributed by atoms with Gasteiger partial charge in [0, 0.05) is 30.7 Å². The van der Waals surface area contributed by atoms with Gasteiger partial charge in [-0.15, -0.1) is 0 Å². The molecule has 9 nitrogen and oxygen atoms in total. The van der Waals surface area contributed by atoms with Crippen LogP contribution in [0.5, 0.6) is 0 Å². The Labute approximate surface area is 220 Å². The monoisotopic (exact) mass is 513 g/mol. The second-order valence-corrected chi connectivity index (χ2v) is 9.71. The number of imidazole rings is 1. The molecule has 3 amide bonds. The van der Waals surface area contributed by atoms with Crippen LogP contribution in [0.25, 0.3) is 17.0 Å². The van der Waals surface area contributed by atoms with Crippen molar-refractivity contribution in [3.05, 3.63) is 77.9 Å². The normalized spacial score (nSPS) is 14.7. The fraction of sp³-hybridized carbons (Fsp3) is 0.310. The van der Waals surface area contributed by atoms with Crippen LogP contribution in [0.15, 0.2) is 65.3 Å². The Hall–Kier alpha value is -4.40. The molecule has 0 unspecified atom stereocenters. The van der Waals surface area contributed by atoms with Crippen LogP contribution in [0.2, 0.25) is 0 Å². The minimum absolute atomic E-state index is 0.120. The first-order valence-electron chi connectivity index (χ1n) is 12.9. The molecule has 1 saturated carbocycles.